The van der Waals surface area contributed by atoms with Crippen LogP contribution in [0.1, 0.15) is 26.7 Å². The molecule has 1 N–H and O–H groups in total. The van der Waals surface area contributed by atoms with Crippen LogP contribution in [0.25, 0.3) is 0 Å². The molecule has 0 amide bonds. The first-order chi connectivity index (χ1) is 8.69. The Balaban J connectivity index is 1.59. The summed E-state index contributed by atoms with van der Waals surface area (Å²) in [5.74, 6) is 0.819. The first-order valence-electron chi connectivity index (χ1n) is 7.31. The van der Waals surface area contributed by atoms with E-state index in [1.807, 2.05) is 7.05 Å². The van der Waals surface area contributed by atoms with Gasteiger partial charge in [-0.15, -0.1) is 0 Å². The quantitative estimate of drug-likeness (QED) is 0.772. The van der Waals surface area contributed by atoms with Gasteiger partial charge in [-0.1, -0.05) is 0 Å². The van der Waals surface area contributed by atoms with E-state index in [0.29, 0.717) is 12.1 Å². The summed E-state index contributed by atoms with van der Waals surface area (Å²) in [6.45, 7) is 9.31. The number of ether oxygens (including phenoxy) is 2. The Morgan fingerprint density at radius 3 is 2.83 bits per heavy atom. The minimum absolute atomic E-state index is 0.268. The number of nitrogens with zero attached hydrogens (tertiary/aromatic N) is 1. The van der Waals surface area contributed by atoms with Crippen molar-refractivity contribution in [3.8, 4) is 0 Å². The fourth-order valence-electron chi connectivity index (χ4n) is 2.82. The average Bonchev–Trinajstić information content (AvgIpc) is 2.32. The Hall–Kier alpha value is -0.160. The van der Waals surface area contributed by atoms with Crippen LogP contribution in [0.4, 0.5) is 0 Å². The molecular weight excluding hydrogens is 228 g/mol. The van der Waals surface area contributed by atoms with Crippen LogP contribution in [0, 0.1) is 5.92 Å². The van der Waals surface area contributed by atoms with Crippen LogP contribution in [0.3, 0.4) is 0 Å². The maximum absolute atomic E-state index is 5.94. The fraction of sp³-hybridized carbons (Fsp3) is 1.00. The van der Waals surface area contributed by atoms with Crippen molar-refractivity contribution in [2.24, 2.45) is 5.92 Å². The second-order valence-corrected chi connectivity index (χ2v) is 5.93. The molecule has 1 saturated carbocycles. The third kappa shape index (κ3) is 3.92. The van der Waals surface area contributed by atoms with Crippen molar-refractivity contribution < 1.29 is 9.47 Å². The number of morpholine rings is 1. The summed E-state index contributed by atoms with van der Waals surface area (Å²) in [4.78, 5) is 2.47. The summed E-state index contributed by atoms with van der Waals surface area (Å²) in [6.07, 6.45) is 3.16. The standard InChI is InChI=1S/C14H28N2O2/c1-11(2)16-4-5-17-14(9-16)10-18-13-6-12(7-13)8-15-3/h11-15H,4-10H2,1-3H3. The predicted octanol–water partition coefficient (Wildman–Crippen LogP) is 1.11. The van der Waals surface area contributed by atoms with E-state index in [4.69, 9.17) is 9.47 Å². The summed E-state index contributed by atoms with van der Waals surface area (Å²) in [6, 6.07) is 0.611. The molecule has 0 aromatic rings. The summed E-state index contributed by atoms with van der Waals surface area (Å²) >= 11 is 0. The molecule has 1 saturated heterocycles. The van der Waals surface area contributed by atoms with Crippen LogP contribution in [0.5, 0.6) is 0 Å². The zero-order chi connectivity index (χ0) is 13.0. The third-order valence-corrected chi connectivity index (χ3v) is 4.10. The van der Waals surface area contributed by atoms with Crippen LogP contribution >= 0.6 is 0 Å². The molecule has 0 aromatic heterocycles. The molecular formula is C14H28N2O2. The first-order valence-corrected chi connectivity index (χ1v) is 7.31. The maximum Gasteiger partial charge on any atom is 0.0935 e. The van der Waals surface area contributed by atoms with Crippen molar-refractivity contribution in [3.63, 3.8) is 0 Å². The molecule has 1 heterocycles. The van der Waals surface area contributed by atoms with E-state index in [9.17, 15) is 0 Å². The molecule has 4 nitrogen and oxygen atoms in total. The van der Waals surface area contributed by atoms with Crippen molar-refractivity contribution in [2.75, 3.05) is 39.9 Å². The molecule has 1 atom stereocenters. The Labute approximate surface area is 111 Å². The Bertz CT molecular complexity index is 242. The lowest BCUT2D eigenvalue weighted by atomic mass is 9.82. The molecule has 1 unspecified atom stereocenters. The minimum atomic E-state index is 0.268. The summed E-state index contributed by atoms with van der Waals surface area (Å²) < 4.78 is 11.7. The first kappa shape index (κ1) is 14.3. The minimum Gasteiger partial charge on any atom is -0.375 e. The lowest BCUT2D eigenvalue weighted by Gasteiger charge is -2.38. The van der Waals surface area contributed by atoms with Gasteiger partial charge >= 0.3 is 0 Å². The van der Waals surface area contributed by atoms with Crippen LogP contribution < -0.4 is 5.32 Å². The number of hydrogen-bond acceptors (Lipinski definition) is 4. The SMILES string of the molecule is CNCC1CC(OCC2CN(C(C)C)CCO2)C1. The highest BCUT2D eigenvalue weighted by atomic mass is 16.5. The van der Waals surface area contributed by atoms with Crippen molar-refractivity contribution in [1.29, 1.82) is 0 Å². The molecule has 0 radical (unpaired) electrons. The van der Waals surface area contributed by atoms with E-state index < -0.39 is 0 Å². The van der Waals surface area contributed by atoms with E-state index in [0.717, 1.165) is 38.8 Å². The zero-order valence-electron chi connectivity index (χ0n) is 12.0. The predicted molar refractivity (Wildman–Crippen MR) is 72.8 cm³/mol. The van der Waals surface area contributed by atoms with Gasteiger partial charge < -0.3 is 14.8 Å². The molecule has 0 spiro atoms. The Morgan fingerprint density at radius 2 is 2.17 bits per heavy atom. The monoisotopic (exact) mass is 256 g/mol. The van der Waals surface area contributed by atoms with Gasteiger partial charge in [0.05, 0.1) is 25.4 Å². The van der Waals surface area contributed by atoms with Gasteiger partial charge in [-0.3, -0.25) is 4.90 Å². The van der Waals surface area contributed by atoms with Crippen molar-refractivity contribution in [1.82, 2.24) is 10.2 Å². The second-order valence-electron chi connectivity index (χ2n) is 5.93. The normalized spacial score (nSPS) is 33.7. The largest absolute Gasteiger partial charge is 0.375 e. The summed E-state index contributed by atoms with van der Waals surface area (Å²) in [7, 11) is 2.02. The van der Waals surface area contributed by atoms with Gasteiger partial charge in [-0.05, 0) is 46.2 Å². The molecule has 2 rings (SSSR count). The molecule has 1 aliphatic heterocycles. The van der Waals surface area contributed by atoms with Crippen LogP contribution in [-0.2, 0) is 9.47 Å². The number of hydrogen-bond donors (Lipinski definition) is 1. The molecule has 1 aliphatic carbocycles. The van der Waals surface area contributed by atoms with Gasteiger partial charge in [-0.2, -0.15) is 0 Å². The van der Waals surface area contributed by atoms with Gasteiger partial charge in [0.1, 0.15) is 0 Å². The average molecular weight is 256 g/mol. The topological polar surface area (TPSA) is 33.7 Å². The smallest absolute Gasteiger partial charge is 0.0935 e. The van der Waals surface area contributed by atoms with Crippen molar-refractivity contribution in [2.45, 2.75) is 44.9 Å². The third-order valence-electron chi connectivity index (χ3n) is 4.10. The van der Waals surface area contributed by atoms with E-state index >= 15 is 0 Å². The highest BCUT2D eigenvalue weighted by molar-refractivity contribution is 4.82. The lowest BCUT2D eigenvalue weighted by Crippen LogP contribution is -2.48. The van der Waals surface area contributed by atoms with E-state index in [1.165, 1.54) is 12.8 Å². The highest BCUT2D eigenvalue weighted by Gasteiger charge is 2.30. The van der Waals surface area contributed by atoms with Gasteiger partial charge in [0.15, 0.2) is 0 Å². The number of rotatable bonds is 6. The second kappa shape index (κ2) is 6.85. The summed E-state index contributed by atoms with van der Waals surface area (Å²) in [5, 5.41) is 3.23. The van der Waals surface area contributed by atoms with Gasteiger partial charge in [-0.25, -0.2) is 0 Å². The Morgan fingerprint density at radius 1 is 1.39 bits per heavy atom. The van der Waals surface area contributed by atoms with E-state index in [-0.39, 0.29) is 6.10 Å². The Kier molecular flexibility index (Phi) is 5.42. The molecule has 106 valence electrons. The molecule has 4 heteroatoms. The van der Waals surface area contributed by atoms with E-state index in [2.05, 4.69) is 24.1 Å². The summed E-state index contributed by atoms with van der Waals surface area (Å²) in [5.41, 5.74) is 0. The number of nitrogens with one attached hydrogen (secondary N) is 1. The van der Waals surface area contributed by atoms with Crippen molar-refractivity contribution in [3.05, 3.63) is 0 Å². The van der Waals surface area contributed by atoms with Gasteiger partial charge in [0, 0.05) is 19.1 Å². The molecule has 2 fully saturated rings. The van der Waals surface area contributed by atoms with E-state index in [1.54, 1.807) is 0 Å². The lowest BCUT2D eigenvalue weighted by molar-refractivity contribution is -0.111. The molecule has 2 aliphatic rings. The zero-order valence-corrected chi connectivity index (χ0v) is 12.0. The van der Waals surface area contributed by atoms with Gasteiger partial charge in [0.2, 0.25) is 0 Å². The maximum atomic E-state index is 5.94. The van der Waals surface area contributed by atoms with Crippen LogP contribution in [0.2, 0.25) is 0 Å². The highest BCUT2D eigenvalue weighted by Crippen LogP contribution is 2.29. The molecule has 0 aromatic carbocycles. The molecule has 18 heavy (non-hydrogen) atoms. The van der Waals surface area contributed by atoms with Crippen LogP contribution in [0.15, 0.2) is 0 Å². The van der Waals surface area contributed by atoms with Crippen LogP contribution in [-0.4, -0.2) is 63.0 Å². The van der Waals surface area contributed by atoms with Crippen molar-refractivity contribution >= 4 is 0 Å². The fourth-order valence-corrected chi connectivity index (χ4v) is 2.82. The van der Waals surface area contributed by atoms with Gasteiger partial charge in [0.25, 0.3) is 0 Å². The molecule has 0 bridgehead atoms.